The molecule has 2 amide bonds. The summed E-state index contributed by atoms with van der Waals surface area (Å²) in [6, 6.07) is 6.37. The third kappa shape index (κ3) is 4.10. The maximum atomic E-state index is 14.3. The Kier molecular flexibility index (Phi) is 5.88. The number of halogens is 2. The monoisotopic (exact) mass is 409 g/mol. The zero-order valence-corrected chi connectivity index (χ0v) is 16.5. The lowest BCUT2D eigenvalue weighted by molar-refractivity contribution is -0.234. The molecular formula is C20H25F2N3O4. The molecule has 3 rings (SSSR count). The van der Waals surface area contributed by atoms with Crippen molar-refractivity contribution < 1.29 is 28.2 Å². The fraction of sp³-hybridized carbons (Fsp3) is 0.550. The van der Waals surface area contributed by atoms with E-state index >= 15 is 0 Å². The molecule has 1 aromatic rings. The number of aliphatic hydroxyl groups is 1. The molecule has 7 nitrogen and oxygen atoms in total. The van der Waals surface area contributed by atoms with Gasteiger partial charge in [-0.05, 0) is 30.9 Å². The smallest absolute Gasteiger partial charge is 0.335 e. The van der Waals surface area contributed by atoms with Gasteiger partial charge in [0.1, 0.15) is 5.75 Å². The summed E-state index contributed by atoms with van der Waals surface area (Å²) >= 11 is 0. The summed E-state index contributed by atoms with van der Waals surface area (Å²) < 4.78 is 33.7. The number of nitrogens with one attached hydrogen (secondary N) is 1. The first-order chi connectivity index (χ1) is 13.7. The van der Waals surface area contributed by atoms with Crippen molar-refractivity contribution in [3.63, 3.8) is 0 Å². The first kappa shape index (κ1) is 21.2. The van der Waals surface area contributed by atoms with Gasteiger partial charge in [-0.1, -0.05) is 31.4 Å². The largest absolute Gasteiger partial charge is 0.495 e. The molecular weight excluding hydrogens is 384 g/mol. The average molecular weight is 409 g/mol. The van der Waals surface area contributed by atoms with E-state index in [1.807, 2.05) is 0 Å². The Bertz CT molecular complexity index is 818. The number of amides is 2. The first-order valence-electron chi connectivity index (χ1n) is 9.63. The van der Waals surface area contributed by atoms with Crippen molar-refractivity contribution in [2.24, 2.45) is 11.0 Å². The van der Waals surface area contributed by atoms with Gasteiger partial charge in [-0.3, -0.25) is 9.59 Å². The van der Waals surface area contributed by atoms with Gasteiger partial charge >= 0.3 is 11.8 Å². The number of hydrazone groups is 1. The highest BCUT2D eigenvalue weighted by molar-refractivity contribution is 6.40. The Morgan fingerprint density at radius 3 is 2.55 bits per heavy atom. The van der Waals surface area contributed by atoms with Crippen LogP contribution in [0.15, 0.2) is 29.4 Å². The fourth-order valence-electron chi connectivity index (χ4n) is 3.81. The van der Waals surface area contributed by atoms with E-state index in [0.717, 1.165) is 32.1 Å². The van der Waals surface area contributed by atoms with E-state index in [4.69, 9.17) is 4.74 Å². The SMILES string of the molecule is COc1ccccc1NC(=O)C(=O)N1N=C(C2CCCCC2)CC1(O)C(C)(F)F. The van der Waals surface area contributed by atoms with Gasteiger partial charge in [0.2, 0.25) is 5.72 Å². The highest BCUT2D eigenvalue weighted by Gasteiger charge is 2.60. The summed E-state index contributed by atoms with van der Waals surface area (Å²) in [5.41, 5.74) is -2.34. The molecule has 1 heterocycles. The van der Waals surface area contributed by atoms with Crippen LogP contribution in [0.25, 0.3) is 0 Å². The Morgan fingerprint density at radius 2 is 1.93 bits per heavy atom. The van der Waals surface area contributed by atoms with Crippen molar-refractivity contribution in [1.82, 2.24) is 5.01 Å². The summed E-state index contributed by atoms with van der Waals surface area (Å²) in [6.45, 7) is 0.519. The lowest BCUT2D eigenvalue weighted by Gasteiger charge is -2.35. The Balaban J connectivity index is 1.86. The molecule has 0 saturated heterocycles. The normalized spacial score (nSPS) is 22.9. The van der Waals surface area contributed by atoms with E-state index < -0.39 is 29.9 Å². The molecule has 1 atom stereocenters. The summed E-state index contributed by atoms with van der Waals surface area (Å²) in [7, 11) is 1.39. The summed E-state index contributed by atoms with van der Waals surface area (Å²) in [6.07, 6.45) is 3.98. The zero-order chi connectivity index (χ0) is 21.2. The number of para-hydroxylation sites is 2. The van der Waals surface area contributed by atoms with Crippen LogP contribution in [0.4, 0.5) is 14.5 Å². The molecule has 1 unspecified atom stereocenters. The van der Waals surface area contributed by atoms with Gasteiger partial charge < -0.3 is 15.2 Å². The van der Waals surface area contributed by atoms with Gasteiger partial charge in [0.15, 0.2) is 0 Å². The van der Waals surface area contributed by atoms with Crippen LogP contribution in [-0.2, 0) is 9.59 Å². The number of hydrogen-bond donors (Lipinski definition) is 2. The van der Waals surface area contributed by atoms with Gasteiger partial charge in [-0.15, -0.1) is 0 Å². The molecule has 1 aromatic carbocycles. The van der Waals surface area contributed by atoms with E-state index in [0.29, 0.717) is 18.4 Å². The number of benzene rings is 1. The highest BCUT2D eigenvalue weighted by atomic mass is 19.3. The van der Waals surface area contributed by atoms with Crippen molar-refractivity contribution in [2.45, 2.75) is 57.1 Å². The minimum absolute atomic E-state index is 0.0762. The van der Waals surface area contributed by atoms with Crippen molar-refractivity contribution in [3.8, 4) is 5.75 Å². The van der Waals surface area contributed by atoms with Crippen LogP contribution in [0.3, 0.4) is 0 Å². The molecule has 29 heavy (non-hydrogen) atoms. The molecule has 9 heteroatoms. The lowest BCUT2D eigenvalue weighted by Crippen LogP contribution is -2.59. The quantitative estimate of drug-likeness (QED) is 0.748. The second-order valence-electron chi connectivity index (χ2n) is 7.58. The Morgan fingerprint density at radius 1 is 1.28 bits per heavy atom. The molecule has 1 saturated carbocycles. The Hall–Kier alpha value is -2.55. The van der Waals surface area contributed by atoms with Crippen molar-refractivity contribution in [1.29, 1.82) is 0 Å². The third-order valence-corrected chi connectivity index (χ3v) is 5.53. The fourth-order valence-corrected chi connectivity index (χ4v) is 3.81. The molecule has 2 N–H and O–H groups in total. The van der Waals surface area contributed by atoms with Crippen LogP contribution in [0.1, 0.15) is 45.4 Å². The maximum Gasteiger partial charge on any atom is 0.335 e. The number of methoxy groups -OCH3 is 1. The second kappa shape index (κ2) is 8.06. The number of nitrogens with zero attached hydrogens (tertiary/aromatic N) is 2. The summed E-state index contributed by atoms with van der Waals surface area (Å²) in [5.74, 6) is -5.99. The van der Waals surface area contributed by atoms with Gasteiger partial charge in [0.05, 0.1) is 12.8 Å². The van der Waals surface area contributed by atoms with Crippen molar-refractivity contribution in [3.05, 3.63) is 24.3 Å². The minimum atomic E-state index is -3.67. The van der Waals surface area contributed by atoms with Crippen LogP contribution in [0.5, 0.6) is 5.75 Å². The molecule has 158 valence electrons. The maximum absolute atomic E-state index is 14.3. The van der Waals surface area contributed by atoms with Gasteiger partial charge in [-0.2, -0.15) is 10.1 Å². The average Bonchev–Trinajstić information content (AvgIpc) is 3.07. The van der Waals surface area contributed by atoms with Gasteiger partial charge in [0, 0.05) is 19.1 Å². The van der Waals surface area contributed by atoms with E-state index in [1.54, 1.807) is 18.2 Å². The van der Waals surface area contributed by atoms with E-state index in [2.05, 4.69) is 10.4 Å². The van der Waals surface area contributed by atoms with Crippen molar-refractivity contribution >= 4 is 23.2 Å². The van der Waals surface area contributed by atoms with Crippen molar-refractivity contribution in [2.75, 3.05) is 12.4 Å². The molecule has 0 bridgehead atoms. The van der Waals surface area contributed by atoms with Crippen LogP contribution in [0, 0.1) is 5.92 Å². The summed E-state index contributed by atoms with van der Waals surface area (Å²) in [4.78, 5) is 25.2. The summed E-state index contributed by atoms with van der Waals surface area (Å²) in [5, 5.41) is 17.3. The van der Waals surface area contributed by atoms with E-state index in [9.17, 15) is 23.5 Å². The Labute approximate surface area is 167 Å². The van der Waals surface area contributed by atoms with Gasteiger partial charge in [0.25, 0.3) is 5.92 Å². The lowest BCUT2D eigenvalue weighted by atomic mass is 9.83. The molecule has 2 aliphatic rings. The number of hydrogen-bond acceptors (Lipinski definition) is 5. The molecule has 0 radical (unpaired) electrons. The minimum Gasteiger partial charge on any atom is -0.495 e. The highest BCUT2D eigenvalue weighted by Crippen LogP contribution is 2.42. The van der Waals surface area contributed by atoms with E-state index in [1.165, 1.54) is 13.2 Å². The van der Waals surface area contributed by atoms with Gasteiger partial charge in [-0.25, -0.2) is 8.78 Å². The number of alkyl halides is 2. The topological polar surface area (TPSA) is 91.2 Å². The number of carbonyl (C=O) groups excluding carboxylic acids is 2. The van der Waals surface area contributed by atoms with Crippen LogP contribution >= 0.6 is 0 Å². The van der Waals surface area contributed by atoms with E-state index in [-0.39, 0.29) is 16.6 Å². The number of ether oxygens (including phenoxy) is 1. The second-order valence-corrected chi connectivity index (χ2v) is 7.58. The van der Waals surface area contributed by atoms with Crippen LogP contribution in [0.2, 0.25) is 0 Å². The predicted octanol–water partition coefficient (Wildman–Crippen LogP) is 3.15. The number of carbonyl (C=O) groups is 2. The van der Waals surface area contributed by atoms with Crippen LogP contribution < -0.4 is 10.1 Å². The molecule has 1 aliphatic heterocycles. The zero-order valence-electron chi connectivity index (χ0n) is 16.5. The number of anilines is 1. The number of rotatable bonds is 4. The van der Waals surface area contributed by atoms with Crippen LogP contribution in [-0.4, -0.2) is 46.4 Å². The molecule has 1 aliphatic carbocycles. The third-order valence-electron chi connectivity index (χ3n) is 5.53. The molecule has 0 spiro atoms. The predicted molar refractivity (Wildman–Crippen MR) is 103 cm³/mol. The molecule has 1 fully saturated rings. The molecule has 0 aromatic heterocycles. The first-order valence-corrected chi connectivity index (χ1v) is 9.63. The standard InChI is InChI=1S/C20H25F2N3O4/c1-19(21,22)20(28)12-15(13-8-4-3-5-9-13)24-25(20)18(27)17(26)23-14-10-6-7-11-16(14)29-2/h6-7,10-11,13,28H,3-5,8-9,12H2,1-2H3,(H,23,26).